The molecule has 1 aliphatic rings. The number of aliphatic imine (C=N–C) groups is 1. The number of nitrogens with one attached hydrogen (secondary N) is 4. The summed E-state index contributed by atoms with van der Waals surface area (Å²) in [7, 11) is -1.84. The first-order valence-corrected chi connectivity index (χ1v) is 25.2. The minimum atomic E-state index is -3.34. The number of allylic oxidation sites excluding steroid dienone is 2. The summed E-state index contributed by atoms with van der Waals surface area (Å²) < 4.78 is 37.3. The fraction of sp³-hybridized carbons (Fsp3) is 0.520. The number of aldehydes is 1. The molecule has 4 rings (SSSR count). The highest BCUT2D eigenvalue weighted by Gasteiger charge is 2.29. The Morgan fingerprint density at radius 2 is 1.56 bits per heavy atom. The van der Waals surface area contributed by atoms with Gasteiger partial charge in [0.05, 0.1) is 36.9 Å². The molecule has 14 heteroatoms. The van der Waals surface area contributed by atoms with Crippen LogP contribution in [0, 0.1) is 6.92 Å². The molecule has 3 aromatic carbocycles. The topological polar surface area (TPSA) is 168 Å². The Morgan fingerprint density at radius 3 is 2.19 bits per heavy atom. The molecular formula is C50H72N6O7S. The highest BCUT2D eigenvalue weighted by Crippen LogP contribution is 2.29. The highest BCUT2D eigenvalue weighted by atomic mass is 32.2. The van der Waals surface area contributed by atoms with Crippen molar-refractivity contribution in [3.63, 3.8) is 0 Å². The standard InChI is InChI=1S/C50H72N6O7S/c1-6-8-9-10-11-12-13-14-15-16-17-23-34-63-50(59)39-28-31-46(62-4)45(36-39)55-49(58)47(48(52-41-25-19-18-20-26-41)54-44-27-22-21-24-40(44)37-57)53-43-30-29-42(35-38(43)3)56(7-2)33-32-51-64(5,60)61/h21-22,24-25,27-31,35-37,47,51,53H,6-20,23,26,32-34H2,1-5H3,(H,52,54)(H,55,58). The Morgan fingerprint density at radius 1 is 0.859 bits per heavy atom. The first-order valence-electron chi connectivity index (χ1n) is 23.3. The van der Waals surface area contributed by atoms with Gasteiger partial charge in [0, 0.05) is 42.3 Å². The average molecular weight is 901 g/mol. The Hall–Kier alpha value is -5.21. The number of esters is 1. The van der Waals surface area contributed by atoms with Crippen molar-refractivity contribution in [3.8, 4) is 5.75 Å². The van der Waals surface area contributed by atoms with Crippen LogP contribution in [0.15, 0.2) is 77.4 Å². The van der Waals surface area contributed by atoms with E-state index in [9.17, 15) is 22.8 Å². The Kier molecular flexibility index (Phi) is 22.4. The normalized spacial score (nSPS) is 13.4. The maximum absolute atomic E-state index is 14.8. The van der Waals surface area contributed by atoms with Crippen molar-refractivity contribution in [2.45, 2.75) is 130 Å². The van der Waals surface area contributed by atoms with Crippen LogP contribution in [0.5, 0.6) is 5.75 Å². The second-order valence-corrected chi connectivity index (χ2v) is 18.4. The maximum Gasteiger partial charge on any atom is 0.338 e. The summed E-state index contributed by atoms with van der Waals surface area (Å²) >= 11 is 0. The minimum absolute atomic E-state index is 0.249. The number of ether oxygens (including phenoxy) is 2. The molecule has 1 amide bonds. The van der Waals surface area contributed by atoms with Crippen molar-refractivity contribution >= 4 is 56.8 Å². The Bertz CT molecular complexity index is 2120. The van der Waals surface area contributed by atoms with Gasteiger partial charge in [0.15, 0.2) is 12.3 Å². The third kappa shape index (κ3) is 17.8. The van der Waals surface area contributed by atoms with Gasteiger partial charge in [0.2, 0.25) is 10.0 Å². The van der Waals surface area contributed by atoms with Gasteiger partial charge in [-0.25, -0.2) is 22.9 Å². The molecule has 1 atom stereocenters. The molecule has 0 saturated heterocycles. The monoisotopic (exact) mass is 901 g/mol. The van der Waals surface area contributed by atoms with E-state index in [2.05, 4.69) is 38.6 Å². The number of para-hydroxylation sites is 1. The van der Waals surface area contributed by atoms with Gasteiger partial charge in [-0.3, -0.25) is 9.59 Å². The van der Waals surface area contributed by atoms with Gasteiger partial charge >= 0.3 is 5.97 Å². The van der Waals surface area contributed by atoms with E-state index in [4.69, 9.17) is 14.5 Å². The molecule has 13 nitrogen and oxygen atoms in total. The van der Waals surface area contributed by atoms with E-state index in [1.807, 2.05) is 32.0 Å². The zero-order chi connectivity index (χ0) is 46.2. The second kappa shape index (κ2) is 27.9. The van der Waals surface area contributed by atoms with Crippen molar-refractivity contribution in [1.29, 1.82) is 0 Å². The smallest absolute Gasteiger partial charge is 0.338 e. The number of carbonyl (C=O) groups is 3. The summed E-state index contributed by atoms with van der Waals surface area (Å²) in [4.78, 5) is 47.3. The van der Waals surface area contributed by atoms with Crippen molar-refractivity contribution in [3.05, 3.63) is 89.1 Å². The SMILES string of the molecule is CCCCCCCCCCCCCCOC(=O)c1ccc(OC)c(NC(=O)C(Nc2ccc(N(CC)CCNS(C)(=O)=O)cc2C)C(=Nc2ccccc2C=O)NC2=CCCCC2)c1. The molecule has 0 heterocycles. The molecule has 1 unspecified atom stereocenters. The number of rotatable bonds is 29. The van der Waals surface area contributed by atoms with E-state index in [0.29, 0.717) is 42.4 Å². The van der Waals surface area contributed by atoms with Crippen molar-refractivity contribution in [1.82, 2.24) is 10.0 Å². The van der Waals surface area contributed by atoms with Crippen molar-refractivity contribution in [2.75, 3.05) is 55.1 Å². The fourth-order valence-corrected chi connectivity index (χ4v) is 8.15. The number of unbranched alkanes of at least 4 members (excludes halogenated alkanes) is 11. The molecule has 0 radical (unpaired) electrons. The zero-order valence-corrected chi connectivity index (χ0v) is 39.6. The lowest BCUT2D eigenvalue weighted by molar-refractivity contribution is -0.115. The number of aryl methyl sites for hydroxylation is 1. The van der Waals surface area contributed by atoms with E-state index in [0.717, 1.165) is 74.4 Å². The van der Waals surface area contributed by atoms with Crippen LogP contribution in [0.25, 0.3) is 0 Å². The van der Waals surface area contributed by atoms with Crippen molar-refractivity contribution in [2.24, 2.45) is 4.99 Å². The predicted molar refractivity (Wildman–Crippen MR) is 261 cm³/mol. The van der Waals surface area contributed by atoms with Crippen molar-refractivity contribution < 1.29 is 32.3 Å². The van der Waals surface area contributed by atoms with Crippen LogP contribution in [0.4, 0.5) is 22.7 Å². The fourth-order valence-electron chi connectivity index (χ4n) is 7.68. The van der Waals surface area contributed by atoms with E-state index in [1.165, 1.54) is 64.9 Å². The number of hydrogen-bond acceptors (Lipinski definition) is 10. The summed E-state index contributed by atoms with van der Waals surface area (Å²) in [5.74, 6) is -0.374. The Balaban J connectivity index is 1.56. The number of nitrogens with zero attached hydrogens (tertiary/aromatic N) is 2. The summed E-state index contributed by atoms with van der Waals surface area (Å²) in [6.07, 6.45) is 22.2. The summed E-state index contributed by atoms with van der Waals surface area (Å²) in [6.45, 7) is 7.83. The van der Waals surface area contributed by atoms with Gasteiger partial charge < -0.3 is 30.3 Å². The highest BCUT2D eigenvalue weighted by molar-refractivity contribution is 7.88. The largest absolute Gasteiger partial charge is 0.495 e. The van der Waals surface area contributed by atoms with E-state index >= 15 is 0 Å². The van der Waals surface area contributed by atoms with Crippen LogP contribution < -0.4 is 30.3 Å². The van der Waals surface area contributed by atoms with E-state index in [1.54, 1.807) is 42.5 Å². The number of hydrogen-bond donors (Lipinski definition) is 4. The Labute approximate surface area is 382 Å². The quantitative estimate of drug-likeness (QED) is 0.0173. The molecule has 64 heavy (non-hydrogen) atoms. The number of amidine groups is 1. The number of amides is 1. The molecule has 1 aliphatic carbocycles. The van der Waals surface area contributed by atoms with Gasteiger partial charge in [0.25, 0.3) is 5.91 Å². The van der Waals surface area contributed by atoms with Crippen LogP contribution in [0.1, 0.15) is 143 Å². The second-order valence-electron chi connectivity index (χ2n) is 16.5. The third-order valence-corrected chi connectivity index (χ3v) is 12.1. The molecule has 3 aromatic rings. The van der Waals surface area contributed by atoms with Gasteiger partial charge in [-0.05, 0) is 100 Å². The number of methoxy groups -OCH3 is 1. The molecule has 0 fully saturated rings. The number of carbonyl (C=O) groups excluding carboxylic acids is 3. The molecular weight excluding hydrogens is 829 g/mol. The minimum Gasteiger partial charge on any atom is -0.495 e. The molecule has 0 bridgehead atoms. The number of likely N-dealkylation sites (N-methyl/N-ethyl adjacent to an activating group) is 1. The van der Waals surface area contributed by atoms with E-state index < -0.39 is 27.9 Å². The predicted octanol–water partition coefficient (Wildman–Crippen LogP) is 10.2. The summed E-state index contributed by atoms with van der Waals surface area (Å²) in [5, 5.41) is 9.91. The van der Waals surface area contributed by atoms with Crippen LogP contribution in [0.3, 0.4) is 0 Å². The number of benzene rings is 3. The van der Waals surface area contributed by atoms with Crippen LogP contribution >= 0.6 is 0 Å². The average Bonchev–Trinajstić information content (AvgIpc) is 3.28. The number of sulfonamides is 1. The maximum atomic E-state index is 14.8. The molecule has 350 valence electrons. The number of anilines is 3. The van der Waals surface area contributed by atoms with Crippen LogP contribution in [-0.4, -0.2) is 78.1 Å². The van der Waals surface area contributed by atoms with E-state index in [-0.39, 0.29) is 23.6 Å². The van der Waals surface area contributed by atoms with Gasteiger partial charge in [-0.2, -0.15) is 0 Å². The molecule has 0 spiro atoms. The first-order chi connectivity index (χ1) is 31.0. The lowest BCUT2D eigenvalue weighted by Crippen LogP contribution is -2.47. The van der Waals surface area contributed by atoms with Crippen LogP contribution in [0.2, 0.25) is 0 Å². The summed E-state index contributed by atoms with van der Waals surface area (Å²) in [6, 6.07) is 16.4. The third-order valence-electron chi connectivity index (χ3n) is 11.3. The van der Waals surface area contributed by atoms with Crippen LogP contribution in [-0.2, 0) is 19.6 Å². The molecule has 0 aliphatic heterocycles. The van der Waals surface area contributed by atoms with Gasteiger partial charge in [0.1, 0.15) is 11.6 Å². The molecule has 4 N–H and O–H groups in total. The lowest BCUT2D eigenvalue weighted by Gasteiger charge is -2.27. The zero-order valence-electron chi connectivity index (χ0n) is 38.8. The van der Waals surface area contributed by atoms with Gasteiger partial charge in [-0.1, -0.05) is 95.8 Å². The summed E-state index contributed by atoms with van der Waals surface area (Å²) in [5.41, 5.74) is 4.57. The first kappa shape index (κ1) is 51.4. The lowest BCUT2D eigenvalue weighted by atomic mass is 10.0. The molecule has 0 saturated carbocycles. The van der Waals surface area contributed by atoms with Gasteiger partial charge in [-0.15, -0.1) is 0 Å². The molecule has 0 aromatic heterocycles.